The van der Waals surface area contributed by atoms with E-state index >= 15 is 0 Å². The number of carbonyl (C=O) groups is 2. The first-order chi connectivity index (χ1) is 12.8. The van der Waals surface area contributed by atoms with Crippen molar-refractivity contribution in [2.75, 3.05) is 0 Å². The molecule has 0 saturated carbocycles. The Morgan fingerprint density at radius 1 is 0.815 bits per heavy atom. The van der Waals surface area contributed by atoms with E-state index in [1.807, 2.05) is 45.9 Å². The molecule has 6 nitrogen and oxygen atoms in total. The molecule has 2 rings (SSSR count). The number of benzene rings is 2. The second kappa shape index (κ2) is 9.07. The number of nitrogens with one attached hydrogen (secondary N) is 2. The molecule has 0 radical (unpaired) electrons. The smallest absolute Gasteiger partial charge is 0.279 e. The second-order valence-corrected chi connectivity index (χ2v) is 6.64. The first-order valence-electron chi connectivity index (χ1n) is 8.87. The number of aryl methyl sites for hydroxylation is 2. The predicted octanol–water partition coefficient (Wildman–Crippen LogP) is 3.32. The Morgan fingerprint density at radius 2 is 1.44 bits per heavy atom. The molecule has 0 aromatic heterocycles. The molecule has 0 bridgehead atoms. The van der Waals surface area contributed by atoms with E-state index in [4.69, 9.17) is 9.47 Å². The van der Waals surface area contributed by atoms with Gasteiger partial charge in [-0.3, -0.25) is 20.4 Å². The highest BCUT2D eigenvalue weighted by atomic mass is 16.5. The zero-order valence-corrected chi connectivity index (χ0v) is 16.3. The zero-order chi connectivity index (χ0) is 20.0. The van der Waals surface area contributed by atoms with Crippen LogP contribution in [0.2, 0.25) is 0 Å². The maximum absolute atomic E-state index is 12.1. The molecule has 0 saturated heterocycles. The summed E-state index contributed by atoms with van der Waals surface area (Å²) in [4.78, 5) is 24.3. The van der Waals surface area contributed by atoms with Gasteiger partial charge in [0.1, 0.15) is 11.5 Å². The SMILES string of the molecule is Cc1ccc(OC(C)C(=O)NNC(=O)c2ccc(OC(C)C)cc2)cc1C. The fourth-order valence-electron chi connectivity index (χ4n) is 2.29. The van der Waals surface area contributed by atoms with Gasteiger partial charge in [0, 0.05) is 5.56 Å². The Labute approximate surface area is 159 Å². The molecule has 0 aliphatic rings. The lowest BCUT2D eigenvalue weighted by Crippen LogP contribution is -2.47. The summed E-state index contributed by atoms with van der Waals surface area (Å²) < 4.78 is 11.2. The molecule has 0 heterocycles. The molecule has 6 heteroatoms. The highest BCUT2D eigenvalue weighted by molar-refractivity contribution is 5.95. The van der Waals surface area contributed by atoms with Gasteiger partial charge in [0.05, 0.1) is 6.10 Å². The van der Waals surface area contributed by atoms with Crippen LogP contribution >= 0.6 is 0 Å². The summed E-state index contributed by atoms with van der Waals surface area (Å²) in [6.45, 7) is 9.46. The molecule has 1 atom stereocenters. The Morgan fingerprint density at radius 3 is 2.04 bits per heavy atom. The van der Waals surface area contributed by atoms with Crippen LogP contribution in [0.1, 0.15) is 42.3 Å². The number of hydrazine groups is 1. The van der Waals surface area contributed by atoms with Crippen LogP contribution in [0.25, 0.3) is 0 Å². The van der Waals surface area contributed by atoms with Gasteiger partial charge in [-0.25, -0.2) is 0 Å². The summed E-state index contributed by atoms with van der Waals surface area (Å²) in [6.07, 6.45) is -0.697. The van der Waals surface area contributed by atoms with Crippen molar-refractivity contribution in [2.24, 2.45) is 0 Å². The van der Waals surface area contributed by atoms with E-state index in [1.54, 1.807) is 31.2 Å². The van der Waals surface area contributed by atoms with Crippen LogP contribution in [0, 0.1) is 13.8 Å². The van der Waals surface area contributed by atoms with Gasteiger partial charge in [0.25, 0.3) is 11.8 Å². The Hall–Kier alpha value is -3.02. The number of rotatable bonds is 6. The number of carbonyl (C=O) groups excluding carboxylic acids is 2. The third kappa shape index (κ3) is 6.02. The lowest BCUT2D eigenvalue weighted by Gasteiger charge is -2.16. The number of ether oxygens (including phenoxy) is 2. The largest absolute Gasteiger partial charge is 0.491 e. The van der Waals surface area contributed by atoms with Gasteiger partial charge >= 0.3 is 0 Å². The molecule has 2 aromatic carbocycles. The standard InChI is InChI=1S/C21H26N2O4/c1-13(2)26-18-10-7-17(8-11-18)21(25)23-22-20(24)16(5)27-19-9-6-14(3)15(4)12-19/h6-13,16H,1-5H3,(H,22,24)(H,23,25). The minimum Gasteiger partial charge on any atom is -0.491 e. The summed E-state index contributed by atoms with van der Waals surface area (Å²) in [5.41, 5.74) is 7.41. The molecule has 0 fully saturated rings. The van der Waals surface area contributed by atoms with E-state index in [9.17, 15) is 9.59 Å². The van der Waals surface area contributed by atoms with E-state index in [1.165, 1.54) is 0 Å². The van der Waals surface area contributed by atoms with Gasteiger partial charge in [-0.1, -0.05) is 6.07 Å². The first-order valence-corrected chi connectivity index (χ1v) is 8.87. The fourth-order valence-corrected chi connectivity index (χ4v) is 2.29. The van der Waals surface area contributed by atoms with Crippen molar-refractivity contribution >= 4 is 11.8 Å². The highest BCUT2D eigenvalue weighted by Crippen LogP contribution is 2.17. The van der Waals surface area contributed by atoms with E-state index in [-0.39, 0.29) is 6.10 Å². The van der Waals surface area contributed by atoms with Crippen LogP contribution in [0.15, 0.2) is 42.5 Å². The van der Waals surface area contributed by atoms with E-state index in [2.05, 4.69) is 10.9 Å². The van der Waals surface area contributed by atoms with E-state index in [0.29, 0.717) is 17.1 Å². The summed E-state index contributed by atoms with van der Waals surface area (Å²) in [5.74, 6) is 0.424. The van der Waals surface area contributed by atoms with Crippen LogP contribution in [-0.4, -0.2) is 24.0 Å². The normalized spacial score (nSPS) is 11.6. The van der Waals surface area contributed by atoms with Crippen LogP contribution in [0.4, 0.5) is 0 Å². The summed E-state index contributed by atoms with van der Waals surface area (Å²) >= 11 is 0. The van der Waals surface area contributed by atoms with E-state index in [0.717, 1.165) is 11.1 Å². The Balaban J connectivity index is 1.86. The molecule has 1 unspecified atom stereocenters. The molecule has 2 N–H and O–H groups in total. The fraction of sp³-hybridized carbons (Fsp3) is 0.333. The molecule has 0 aliphatic heterocycles. The van der Waals surface area contributed by atoms with Crippen molar-refractivity contribution in [3.8, 4) is 11.5 Å². The summed E-state index contributed by atoms with van der Waals surface area (Å²) in [7, 11) is 0. The zero-order valence-electron chi connectivity index (χ0n) is 16.3. The third-order valence-corrected chi connectivity index (χ3v) is 3.95. The van der Waals surface area contributed by atoms with Crippen molar-refractivity contribution in [2.45, 2.75) is 46.8 Å². The van der Waals surface area contributed by atoms with E-state index < -0.39 is 17.9 Å². The summed E-state index contributed by atoms with van der Waals surface area (Å²) in [6, 6.07) is 12.3. The lowest BCUT2D eigenvalue weighted by atomic mass is 10.1. The second-order valence-electron chi connectivity index (χ2n) is 6.64. The van der Waals surface area contributed by atoms with Gasteiger partial charge < -0.3 is 9.47 Å². The van der Waals surface area contributed by atoms with Gasteiger partial charge in [0.2, 0.25) is 0 Å². The molecular formula is C21H26N2O4. The topological polar surface area (TPSA) is 76.7 Å². The summed E-state index contributed by atoms with van der Waals surface area (Å²) in [5, 5.41) is 0. The molecule has 2 aromatic rings. The maximum Gasteiger partial charge on any atom is 0.279 e. The van der Waals surface area contributed by atoms with Crippen LogP contribution in [0.3, 0.4) is 0 Å². The maximum atomic E-state index is 12.1. The van der Waals surface area contributed by atoms with Crippen molar-refractivity contribution in [3.05, 3.63) is 59.2 Å². The Kier molecular flexibility index (Phi) is 6.82. The van der Waals surface area contributed by atoms with Crippen LogP contribution in [-0.2, 0) is 4.79 Å². The molecule has 2 amide bonds. The number of amides is 2. The molecule has 27 heavy (non-hydrogen) atoms. The van der Waals surface area contributed by atoms with Gasteiger partial charge in [-0.05, 0) is 82.1 Å². The van der Waals surface area contributed by atoms with Gasteiger partial charge in [-0.15, -0.1) is 0 Å². The molecule has 0 aliphatic carbocycles. The molecule has 0 spiro atoms. The quantitative estimate of drug-likeness (QED) is 0.765. The lowest BCUT2D eigenvalue weighted by molar-refractivity contribution is -0.128. The van der Waals surface area contributed by atoms with Crippen LogP contribution < -0.4 is 20.3 Å². The molecular weight excluding hydrogens is 344 g/mol. The average Bonchev–Trinajstić information content (AvgIpc) is 2.62. The highest BCUT2D eigenvalue weighted by Gasteiger charge is 2.16. The average molecular weight is 370 g/mol. The van der Waals surface area contributed by atoms with Gasteiger partial charge in [-0.2, -0.15) is 0 Å². The molecule has 144 valence electrons. The minimum atomic E-state index is -0.755. The van der Waals surface area contributed by atoms with Gasteiger partial charge in [0.15, 0.2) is 6.10 Å². The van der Waals surface area contributed by atoms with Crippen molar-refractivity contribution < 1.29 is 19.1 Å². The number of hydrogen-bond donors (Lipinski definition) is 2. The minimum absolute atomic E-state index is 0.0581. The van der Waals surface area contributed by atoms with Crippen molar-refractivity contribution in [3.63, 3.8) is 0 Å². The predicted molar refractivity (Wildman–Crippen MR) is 104 cm³/mol. The van der Waals surface area contributed by atoms with Crippen LogP contribution in [0.5, 0.6) is 11.5 Å². The first kappa shape index (κ1) is 20.3. The monoisotopic (exact) mass is 370 g/mol. The Bertz CT molecular complexity index is 800. The number of hydrogen-bond acceptors (Lipinski definition) is 4. The van der Waals surface area contributed by atoms with Crippen molar-refractivity contribution in [1.29, 1.82) is 0 Å². The third-order valence-electron chi connectivity index (χ3n) is 3.95. The van der Waals surface area contributed by atoms with Crippen molar-refractivity contribution in [1.82, 2.24) is 10.9 Å².